The molecule has 0 aromatic heterocycles. The van der Waals surface area contributed by atoms with E-state index in [1.54, 1.807) is 19.1 Å². The van der Waals surface area contributed by atoms with Crippen molar-refractivity contribution in [1.82, 2.24) is 10.2 Å². The molecule has 0 aliphatic carbocycles. The maximum atomic E-state index is 12.9. The fourth-order valence-corrected chi connectivity index (χ4v) is 2.33. The second kappa shape index (κ2) is 5.04. The van der Waals surface area contributed by atoms with Crippen molar-refractivity contribution in [3.63, 3.8) is 0 Å². The molecule has 2 N–H and O–H groups in total. The molecule has 1 unspecified atom stereocenters. The first-order chi connectivity index (χ1) is 8.55. The summed E-state index contributed by atoms with van der Waals surface area (Å²) in [5.74, 6) is -1.26. The van der Waals surface area contributed by atoms with Gasteiger partial charge in [-0.1, -0.05) is 12.1 Å². The number of carbonyl (C=O) groups is 1. The Morgan fingerprint density at radius 3 is 2.39 bits per heavy atom. The minimum atomic E-state index is -1.10. The Morgan fingerprint density at radius 2 is 1.89 bits per heavy atom. The van der Waals surface area contributed by atoms with Gasteiger partial charge in [-0.05, 0) is 24.6 Å². The highest BCUT2D eigenvalue weighted by atomic mass is 19.1. The fraction of sp³-hybridized carbons (Fsp3) is 0.462. The minimum absolute atomic E-state index is 0.355. The van der Waals surface area contributed by atoms with E-state index in [-0.39, 0.29) is 5.82 Å². The quantitative estimate of drug-likeness (QED) is 0.843. The number of carboxylic acids is 1. The van der Waals surface area contributed by atoms with Crippen molar-refractivity contribution in [3.05, 3.63) is 35.6 Å². The van der Waals surface area contributed by atoms with Crippen molar-refractivity contribution in [2.24, 2.45) is 0 Å². The van der Waals surface area contributed by atoms with E-state index >= 15 is 0 Å². The lowest BCUT2D eigenvalue weighted by atomic mass is 9.89. The maximum absolute atomic E-state index is 12.9. The minimum Gasteiger partial charge on any atom is -0.480 e. The third kappa shape index (κ3) is 2.23. The summed E-state index contributed by atoms with van der Waals surface area (Å²) in [6.45, 7) is 4.54. The Labute approximate surface area is 105 Å². The standard InChI is InChI=1S/C13H17FN2O2/c1-13(12(17)18,16-8-6-15-7-9-16)10-2-4-11(14)5-3-10/h2-5,15H,6-9H2,1H3,(H,17,18). The lowest BCUT2D eigenvalue weighted by molar-refractivity contribution is -0.151. The number of halogens is 1. The first kappa shape index (κ1) is 13.0. The van der Waals surface area contributed by atoms with Crippen LogP contribution in [0.5, 0.6) is 0 Å². The predicted molar refractivity (Wildman–Crippen MR) is 65.8 cm³/mol. The SMILES string of the molecule is CC(C(=O)O)(c1ccc(F)cc1)N1CCNCC1. The molecule has 1 aliphatic rings. The smallest absolute Gasteiger partial charge is 0.328 e. The van der Waals surface area contributed by atoms with Gasteiger partial charge >= 0.3 is 5.97 Å². The molecule has 0 saturated carbocycles. The number of nitrogens with one attached hydrogen (secondary N) is 1. The maximum Gasteiger partial charge on any atom is 0.328 e. The van der Waals surface area contributed by atoms with Gasteiger partial charge in [0.05, 0.1) is 0 Å². The van der Waals surface area contributed by atoms with E-state index in [1.165, 1.54) is 12.1 Å². The zero-order valence-electron chi connectivity index (χ0n) is 10.3. The zero-order valence-corrected chi connectivity index (χ0v) is 10.3. The summed E-state index contributed by atoms with van der Waals surface area (Å²) in [5.41, 5.74) is -0.492. The molecule has 1 heterocycles. The number of piperazine rings is 1. The lowest BCUT2D eigenvalue weighted by Gasteiger charge is -2.40. The topological polar surface area (TPSA) is 52.6 Å². The number of aliphatic carboxylic acids is 1. The molecule has 0 bridgehead atoms. The van der Waals surface area contributed by atoms with E-state index in [0.717, 1.165) is 13.1 Å². The number of hydrogen-bond donors (Lipinski definition) is 2. The first-order valence-corrected chi connectivity index (χ1v) is 6.00. The molecule has 0 spiro atoms. The number of carboxylic acid groups (broad SMARTS) is 1. The van der Waals surface area contributed by atoms with Gasteiger partial charge in [-0.2, -0.15) is 0 Å². The Bertz CT molecular complexity index is 429. The molecular formula is C13H17FN2O2. The van der Waals surface area contributed by atoms with Crippen LogP contribution < -0.4 is 5.32 Å². The van der Waals surface area contributed by atoms with Crippen molar-refractivity contribution < 1.29 is 14.3 Å². The zero-order chi connectivity index (χ0) is 13.2. The monoisotopic (exact) mass is 252 g/mol. The van der Waals surface area contributed by atoms with Crippen LogP contribution in [-0.4, -0.2) is 42.2 Å². The predicted octanol–water partition coefficient (Wildman–Crippen LogP) is 1.03. The van der Waals surface area contributed by atoms with Gasteiger partial charge in [0.25, 0.3) is 0 Å². The molecule has 1 saturated heterocycles. The molecule has 5 heteroatoms. The summed E-state index contributed by atoms with van der Waals surface area (Å²) < 4.78 is 12.9. The Balaban J connectivity index is 2.36. The molecule has 0 radical (unpaired) electrons. The molecule has 1 atom stereocenters. The van der Waals surface area contributed by atoms with E-state index in [1.807, 2.05) is 4.90 Å². The summed E-state index contributed by atoms with van der Waals surface area (Å²) in [5, 5.41) is 12.7. The third-order valence-electron chi connectivity index (χ3n) is 3.57. The van der Waals surface area contributed by atoms with Crippen LogP contribution in [0, 0.1) is 5.82 Å². The van der Waals surface area contributed by atoms with Crippen molar-refractivity contribution >= 4 is 5.97 Å². The van der Waals surface area contributed by atoms with Crippen LogP contribution in [0.25, 0.3) is 0 Å². The molecule has 0 amide bonds. The Morgan fingerprint density at radius 1 is 1.33 bits per heavy atom. The summed E-state index contributed by atoms with van der Waals surface area (Å²) in [6.07, 6.45) is 0. The molecule has 1 aromatic carbocycles. The van der Waals surface area contributed by atoms with E-state index in [0.29, 0.717) is 18.7 Å². The highest BCUT2D eigenvalue weighted by molar-refractivity contribution is 5.80. The second-order valence-electron chi connectivity index (χ2n) is 4.62. The Hall–Kier alpha value is -1.46. The lowest BCUT2D eigenvalue weighted by Crippen LogP contribution is -2.56. The fourth-order valence-electron chi connectivity index (χ4n) is 2.33. The van der Waals surface area contributed by atoms with Gasteiger partial charge in [-0.3, -0.25) is 4.90 Å². The molecular weight excluding hydrogens is 235 g/mol. The molecule has 1 fully saturated rings. The summed E-state index contributed by atoms with van der Waals surface area (Å²) >= 11 is 0. The van der Waals surface area contributed by atoms with E-state index in [2.05, 4.69) is 5.32 Å². The van der Waals surface area contributed by atoms with Gasteiger partial charge in [0, 0.05) is 26.2 Å². The van der Waals surface area contributed by atoms with Gasteiger partial charge in [0.1, 0.15) is 11.4 Å². The van der Waals surface area contributed by atoms with Gasteiger partial charge in [-0.25, -0.2) is 9.18 Å². The number of nitrogens with zero attached hydrogens (tertiary/aromatic N) is 1. The highest BCUT2D eigenvalue weighted by Gasteiger charge is 2.41. The number of benzene rings is 1. The van der Waals surface area contributed by atoms with Crippen LogP contribution in [0.3, 0.4) is 0 Å². The van der Waals surface area contributed by atoms with Crippen molar-refractivity contribution in [2.45, 2.75) is 12.5 Å². The normalized spacial score (nSPS) is 20.3. The van der Waals surface area contributed by atoms with Gasteiger partial charge < -0.3 is 10.4 Å². The Kier molecular flexibility index (Phi) is 3.63. The third-order valence-corrected chi connectivity index (χ3v) is 3.57. The van der Waals surface area contributed by atoms with E-state index in [9.17, 15) is 14.3 Å². The van der Waals surface area contributed by atoms with Gasteiger partial charge in [0.2, 0.25) is 0 Å². The first-order valence-electron chi connectivity index (χ1n) is 6.00. The average molecular weight is 252 g/mol. The van der Waals surface area contributed by atoms with Crippen LogP contribution >= 0.6 is 0 Å². The summed E-state index contributed by atoms with van der Waals surface area (Å²) in [4.78, 5) is 13.6. The van der Waals surface area contributed by atoms with E-state index < -0.39 is 11.5 Å². The van der Waals surface area contributed by atoms with E-state index in [4.69, 9.17) is 0 Å². The number of rotatable bonds is 3. The molecule has 1 aromatic rings. The number of hydrogen-bond acceptors (Lipinski definition) is 3. The van der Waals surface area contributed by atoms with Crippen LogP contribution in [0.2, 0.25) is 0 Å². The van der Waals surface area contributed by atoms with Crippen LogP contribution in [0.15, 0.2) is 24.3 Å². The van der Waals surface area contributed by atoms with Crippen LogP contribution in [0.1, 0.15) is 12.5 Å². The molecule has 98 valence electrons. The molecule has 4 nitrogen and oxygen atoms in total. The second-order valence-corrected chi connectivity index (χ2v) is 4.62. The average Bonchev–Trinajstić information content (AvgIpc) is 2.39. The van der Waals surface area contributed by atoms with Crippen molar-refractivity contribution in [3.8, 4) is 0 Å². The summed E-state index contributed by atoms with van der Waals surface area (Å²) in [7, 11) is 0. The molecule has 18 heavy (non-hydrogen) atoms. The van der Waals surface area contributed by atoms with Gasteiger partial charge in [-0.15, -0.1) is 0 Å². The highest BCUT2D eigenvalue weighted by Crippen LogP contribution is 2.29. The van der Waals surface area contributed by atoms with Crippen LogP contribution in [-0.2, 0) is 10.3 Å². The van der Waals surface area contributed by atoms with Crippen molar-refractivity contribution in [1.29, 1.82) is 0 Å². The summed E-state index contributed by atoms with van der Waals surface area (Å²) in [6, 6.07) is 5.70. The molecule has 1 aliphatic heterocycles. The van der Waals surface area contributed by atoms with Crippen molar-refractivity contribution in [2.75, 3.05) is 26.2 Å². The largest absolute Gasteiger partial charge is 0.480 e. The van der Waals surface area contributed by atoms with Crippen LogP contribution in [0.4, 0.5) is 4.39 Å². The molecule has 2 rings (SSSR count). The van der Waals surface area contributed by atoms with Gasteiger partial charge in [0.15, 0.2) is 0 Å².